The number of alkyl halides is 3. The molecule has 24 heavy (non-hydrogen) atoms. The SMILES string of the molecule is O=C(NCC(N1CCNCC1)C(F)(F)F)c1n[nH]c2ccccc12. The van der Waals surface area contributed by atoms with E-state index in [2.05, 4.69) is 20.8 Å². The van der Waals surface area contributed by atoms with Gasteiger partial charge in [-0.1, -0.05) is 18.2 Å². The third-order valence-corrected chi connectivity index (χ3v) is 4.11. The third-order valence-electron chi connectivity index (χ3n) is 4.11. The van der Waals surface area contributed by atoms with E-state index in [-0.39, 0.29) is 5.69 Å². The molecule has 2 heterocycles. The Bertz CT molecular complexity index is 708. The number of halogens is 3. The van der Waals surface area contributed by atoms with Crippen molar-refractivity contribution in [1.82, 2.24) is 25.7 Å². The zero-order valence-corrected chi connectivity index (χ0v) is 12.9. The van der Waals surface area contributed by atoms with E-state index < -0.39 is 24.7 Å². The summed E-state index contributed by atoms with van der Waals surface area (Å²) in [4.78, 5) is 13.6. The standard InChI is InChI=1S/C15H18F3N5O/c16-15(17,18)12(23-7-5-19-6-8-23)9-20-14(24)13-10-3-1-2-4-11(10)21-22-13/h1-4,12,19H,5-9H2,(H,20,24)(H,21,22). The molecule has 0 bridgehead atoms. The average Bonchev–Trinajstić information content (AvgIpc) is 2.99. The topological polar surface area (TPSA) is 73.1 Å². The highest BCUT2D eigenvalue weighted by atomic mass is 19.4. The first kappa shape index (κ1) is 16.7. The maximum Gasteiger partial charge on any atom is 0.405 e. The van der Waals surface area contributed by atoms with Crippen molar-refractivity contribution in [2.45, 2.75) is 12.2 Å². The number of fused-ring (bicyclic) bond motifs is 1. The van der Waals surface area contributed by atoms with Crippen LogP contribution < -0.4 is 10.6 Å². The van der Waals surface area contributed by atoms with Gasteiger partial charge < -0.3 is 10.6 Å². The number of benzene rings is 1. The summed E-state index contributed by atoms with van der Waals surface area (Å²) in [5.74, 6) is -0.614. The summed E-state index contributed by atoms with van der Waals surface area (Å²) in [6.45, 7) is 1.11. The van der Waals surface area contributed by atoms with Gasteiger partial charge in [0.05, 0.1) is 5.52 Å². The molecule has 9 heteroatoms. The Morgan fingerprint density at radius 2 is 2.00 bits per heavy atom. The summed E-state index contributed by atoms with van der Waals surface area (Å²) >= 11 is 0. The van der Waals surface area contributed by atoms with Gasteiger partial charge >= 0.3 is 6.18 Å². The minimum Gasteiger partial charge on any atom is -0.349 e. The van der Waals surface area contributed by atoms with E-state index in [1.165, 1.54) is 4.90 Å². The molecule has 1 aliphatic rings. The number of carbonyl (C=O) groups is 1. The first-order valence-electron chi connectivity index (χ1n) is 7.69. The van der Waals surface area contributed by atoms with Crippen molar-refractivity contribution in [2.24, 2.45) is 0 Å². The minimum atomic E-state index is -4.40. The maximum absolute atomic E-state index is 13.3. The zero-order valence-electron chi connectivity index (χ0n) is 12.9. The molecule has 3 rings (SSSR count). The molecule has 1 atom stereocenters. The Hall–Kier alpha value is -2.13. The molecule has 0 aliphatic carbocycles. The molecule has 0 radical (unpaired) electrons. The van der Waals surface area contributed by atoms with E-state index in [4.69, 9.17) is 0 Å². The van der Waals surface area contributed by atoms with Gasteiger partial charge in [-0.25, -0.2) is 0 Å². The number of hydrogen-bond donors (Lipinski definition) is 3. The maximum atomic E-state index is 13.3. The Morgan fingerprint density at radius 3 is 2.71 bits per heavy atom. The fourth-order valence-electron chi connectivity index (χ4n) is 2.86. The van der Waals surface area contributed by atoms with Gasteiger partial charge in [0.1, 0.15) is 6.04 Å². The molecule has 1 aliphatic heterocycles. The molecule has 130 valence electrons. The fourth-order valence-corrected chi connectivity index (χ4v) is 2.86. The number of amides is 1. The van der Waals surface area contributed by atoms with Gasteiger partial charge in [-0.3, -0.25) is 14.8 Å². The Morgan fingerprint density at radius 1 is 1.29 bits per heavy atom. The molecule has 1 saturated heterocycles. The van der Waals surface area contributed by atoms with Crippen LogP contribution in [0.1, 0.15) is 10.5 Å². The van der Waals surface area contributed by atoms with Crippen LogP contribution in [-0.2, 0) is 0 Å². The summed E-state index contributed by atoms with van der Waals surface area (Å²) in [5, 5.41) is 12.6. The van der Waals surface area contributed by atoms with Crippen LogP contribution in [0.25, 0.3) is 10.9 Å². The largest absolute Gasteiger partial charge is 0.405 e. The second-order valence-corrected chi connectivity index (χ2v) is 5.67. The normalized spacial score (nSPS) is 17.8. The van der Waals surface area contributed by atoms with Gasteiger partial charge in [0.25, 0.3) is 5.91 Å². The number of aromatic amines is 1. The lowest BCUT2D eigenvalue weighted by atomic mass is 10.2. The van der Waals surface area contributed by atoms with E-state index in [1.807, 2.05) is 0 Å². The molecule has 0 saturated carbocycles. The quantitative estimate of drug-likeness (QED) is 0.780. The Kier molecular flexibility index (Phi) is 4.72. The number of H-pyrrole nitrogens is 1. The summed E-state index contributed by atoms with van der Waals surface area (Å²) in [5.41, 5.74) is 0.768. The highest BCUT2D eigenvalue weighted by Gasteiger charge is 2.43. The number of para-hydroxylation sites is 1. The average molecular weight is 341 g/mol. The predicted octanol–water partition coefficient (Wildman–Crippen LogP) is 1.13. The van der Waals surface area contributed by atoms with Crippen molar-refractivity contribution < 1.29 is 18.0 Å². The lowest BCUT2D eigenvalue weighted by molar-refractivity contribution is -0.183. The summed E-state index contributed by atoms with van der Waals surface area (Å²) in [7, 11) is 0. The van der Waals surface area contributed by atoms with E-state index in [0.29, 0.717) is 37.1 Å². The number of nitrogens with zero attached hydrogens (tertiary/aromatic N) is 2. The Balaban J connectivity index is 1.70. The summed E-state index contributed by atoms with van der Waals surface area (Å²) < 4.78 is 39.9. The van der Waals surface area contributed by atoms with Gasteiger partial charge in [-0.15, -0.1) is 0 Å². The summed E-state index contributed by atoms with van der Waals surface area (Å²) in [6, 6.07) is 5.28. The van der Waals surface area contributed by atoms with Gasteiger partial charge in [-0.2, -0.15) is 18.3 Å². The first-order chi connectivity index (χ1) is 11.5. The molecule has 3 N–H and O–H groups in total. The molecule has 1 unspecified atom stereocenters. The van der Waals surface area contributed by atoms with Crippen molar-refractivity contribution in [1.29, 1.82) is 0 Å². The van der Waals surface area contributed by atoms with Crippen molar-refractivity contribution in [3.8, 4) is 0 Å². The predicted molar refractivity (Wildman–Crippen MR) is 82.7 cm³/mol. The van der Waals surface area contributed by atoms with Crippen molar-refractivity contribution in [2.75, 3.05) is 32.7 Å². The number of carbonyl (C=O) groups excluding carboxylic acids is 1. The van der Waals surface area contributed by atoms with Crippen molar-refractivity contribution in [3.05, 3.63) is 30.0 Å². The first-order valence-corrected chi connectivity index (χ1v) is 7.69. The third kappa shape index (κ3) is 3.51. The molecular formula is C15H18F3N5O. The molecule has 2 aromatic rings. The van der Waals surface area contributed by atoms with Crippen LogP contribution >= 0.6 is 0 Å². The number of piperazine rings is 1. The van der Waals surface area contributed by atoms with Crippen molar-refractivity contribution >= 4 is 16.8 Å². The van der Waals surface area contributed by atoms with E-state index in [9.17, 15) is 18.0 Å². The molecular weight excluding hydrogens is 323 g/mol. The van der Waals surface area contributed by atoms with Crippen LogP contribution in [-0.4, -0.2) is 65.9 Å². The Labute approximate surface area is 136 Å². The fraction of sp³-hybridized carbons (Fsp3) is 0.467. The van der Waals surface area contributed by atoms with Gasteiger partial charge in [0.15, 0.2) is 5.69 Å². The molecule has 1 aromatic carbocycles. The molecule has 0 spiro atoms. The molecule has 6 nitrogen and oxygen atoms in total. The second kappa shape index (κ2) is 6.78. The van der Waals surface area contributed by atoms with E-state index >= 15 is 0 Å². The van der Waals surface area contributed by atoms with Gasteiger partial charge in [0, 0.05) is 38.1 Å². The van der Waals surface area contributed by atoms with Crippen LogP contribution in [0, 0.1) is 0 Å². The second-order valence-electron chi connectivity index (χ2n) is 5.67. The van der Waals surface area contributed by atoms with Crippen LogP contribution in [0.3, 0.4) is 0 Å². The number of nitrogens with one attached hydrogen (secondary N) is 3. The van der Waals surface area contributed by atoms with E-state index in [1.54, 1.807) is 24.3 Å². The lowest BCUT2D eigenvalue weighted by Crippen LogP contribution is -2.57. The summed E-state index contributed by atoms with van der Waals surface area (Å²) in [6.07, 6.45) is -4.40. The molecule has 1 amide bonds. The number of aromatic nitrogens is 2. The van der Waals surface area contributed by atoms with Crippen molar-refractivity contribution in [3.63, 3.8) is 0 Å². The number of rotatable bonds is 4. The number of hydrogen-bond acceptors (Lipinski definition) is 4. The van der Waals surface area contributed by atoms with Crippen LogP contribution in [0.5, 0.6) is 0 Å². The highest BCUT2D eigenvalue weighted by molar-refractivity contribution is 6.04. The zero-order chi connectivity index (χ0) is 17.2. The van der Waals surface area contributed by atoms with Crippen LogP contribution in [0.4, 0.5) is 13.2 Å². The monoisotopic (exact) mass is 341 g/mol. The minimum absolute atomic E-state index is 0.104. The van der Waals surface area contributed by atoms with Gasteiger partial charge in [-0.05, 0) is 6.07 Å². The smallest absolute Gasteiger partial charge is 0.349 e. The van der Waals surface area contributed by atoms with Gasteiger partial charge in [0.2, 0.25) is 0 Å². The van der Waals surface area contributed by atoms with E-state index in [0.717, 1.165) is 0 Å². The van der Waals surface area contributed by atoms with Crippen LogP contribution in [0.15, 0.2) is 24.3 Å². The highest BCUT2D eigenvalue weighted by Crippen LogP contribution is 2.25. The lowest BCUT2D eigenvalue weighted by Gasteiger charge is -2.35. The van der Waals surface area contributed by atoms with Crippen LogP contribution in [0.2, 0.25) is 0 Å². The molecule has 1 fully saturated rings. The molecule has 1 aromatic heterocycles.